The quantitative estimate of drug-likeness (QED) is 0.634. The summed E-state index contributed by atoms with van der Waals surface area (Å²) in [7, 11) is 0. The first-order valence-corrected chi connectivity index (χ1v) is 6.12. The molecular weight excluding hydrogens is 265 g/mol. The van der Waals surface area contributed by atoms with Crippen LogP contribution >= 0.6 is 35.4 Å². The van der Waals surface area contributed by atoms with Crippen LogP contribution in [-0.2, 0) is 0 Å². The molecule has 0 spiro atoms. The second kappa shape index (κ2) is 6.94. The summed E-state index contributed by atoms with van der Waals surface area (Å²) in [5.74, 6) is 0.615. The van der Waals surface area contributed by atoms with E-state index in [-0.39, 0.29) is 0 Å². The van der Waals surface area contributed by atoms with Crippen molar-refractivity contribution in [2.24, 2.45) is 5.73 Å². The van der Waals surface area contributed by atoms with E-state index in [9.17, 15) is 0 Å². The third-order valence-corrected chi connectivity index (χ3v) is 2.72. The summed E-state index contributed by atoms with van der Waals surface area (Å²) in [6.07, 6.45) is 2.57. The van der Waals surface area contributed by atoms with E-state index in [0.717, 1.165) is 19.3 Å². The Morgan fingerprint density at radius 2 is 2.06 bits per heavy atom. The minimum absolute atomic E-state index is 0.542. The fourth-order valence-electron chi connectivity index (χ4n) is 1.17. The van der Waals surface area contributed by atoms with Gasteiger partial charge in [-0.25, -0.2) is 0 Å². The zero-order valence-corrected chi connectivity index (χ0v) is 11.0. The highest BCUT2D eigenvalue weighted by molar-refractivity contribution is 7.80. The average Bonchev–Trinajstić information content (AvgIpc) is 2.22. The van der Waals surface area contributed by atoms with Gasteiger partial charge in [0.05, 0.1) is 16.6 Å². The average molecular weight is 278 g/mol. The minimum atomic E-state index is 0.542. The van der Waals surface area contributed by atoms with E-state index in [0.29, 0.717) is 27.4 Å². The molecule has 1 rings (SSSR count). The van der Waals surface area contributed by atoms with Gasteiger partial charge in [0.25, 0.3) is 0 Å². The van der Waals surface area contributed by atoms with Crippen LogP contribution < -0.4 is 10.5 Å². The normalized spacial score (nSPS) is 10.1. The third-order valence-electron chi connectivity index (χ3n) is 1.97. The van der Waals surface area contributed by atoms with Gasteiger partial charge in [-0.3, -0.25) is 0 Å². The lowest BCUT2D eigenvalue weighted by Crippen LogP contribution is -2.08. The molecule has 0 aromatic heterocycles. The van der Waals surface area contributed by atoms with Gasteiger partial charge in [-0.1, -0.05) is 35.4 Å². The van der Waals surface area contributed by atoms with Gasteiger partial charge in [0, 0.05) is 11.1 Å². The maximum absolute atomic E-state index is 5.94. The van der Waals surface area contributed by atoms with E-state index in [1.54, 1.807) is 18.2 Å². The van der Waals surface area contributed by atoms with Gasteiger partial charge < -0.3 is 10.5 Å². The lowest BCUT2D eigenvalue weighted by atomic mass is 10.2. The Bertz CT molecular complexity index is 371. The Labute approximate surface area is 111 Å². The molecular formula is C11H13Cl2NOS. The Balaban J connectivity index is 2.31. The van der Waals surface area contributed by atoms with Gasteiger partial charge in [-0.2, -0.15) is 0 Å². The maximum Gasteiger partial charge on any atom is 0.139 e. The SMILES string of the molecule is NC(=S)CCCCOc1cc(Cl)ccc1Cl. The molecule has 16 heavy (non-hydrogen) atoms. The summed E-state index contributed by atoms with van der Waals surface area (Å²) in [4.78, 5) is 0.542. The van der Waals surface area contributed by atoms with Gasteiger partial charge in [0.2, 0.25) is 0 Å². The number of benzene rings is 1. The standard InChI is InChI=1S/C11H13Cl2NOS/c12-8-4-5-9(13)10(7-8)15-6-2-1-3-11(14)16/h4-5,7H,1-3,6H2,(H2,14,16). The van der Waals surface area contributed by atoms with E-state index < -0.39 is 0 Å². The summed E-state index contributed by atoms with van der Waals surface area (Å²) < 4.78 is 5.50. The molecule has 0 unspecified atom stereocenters. The summed E-state index contributed by atoms with van der Waals surface area (Å²) in [6, 6.07) is 5.15. The summed E-state index contributed by atoms with van der Waals surface area (Å²) in [5.41, 5.74) is 5.38. The van der Waals surface area contributed by atoms with Gasteiger partial charge in [-0.15, -0.1) is 0 Å². The van der Waals surface area contributed by atoms with Crippen molar-refractivity contribution in [1.29, 1.82) is 0 Å². The van der Waals surface area contributed by atoms with Crippen molar-refractivity contribution in [3.63, 3.8) is 0 Å². The fourth-order valence-corrected chi connectivity index (χ4v) is 1.65. The Hall–Kier alpha value is -0.510. The Morgan fingerprint density at radius 3 is 2.75 bits per heavy atom. The highest BCUT2D eigenvalue weighted by Gasteiger charge is 2.02. The number of hydrogen-bond acceptors (Lipinski definition) is 2. The monoisotopic (exact) mass is 277 g/mol. The first kappa shape index (κ1) is 13.6. The van der Waals surface area contributed by atoms with Crippen molar-refractivity contribution < 1.29 is 4.74 Å². The molecule has 2 N–H and O–H groups in total. The van der Waals surface area contributed by atoms with Gasteiger partial charge in [0.15, 0.2) is 0 Å². The number of halogens is 2. The van der Waals surface area contributed by atoms with Crippen LogP contribution in [0, 0.1) is 0 Å². The summed E-state index contributed by atoms with van der Waals surface area (Å²) >= 11 is 16.5. The van der Waals surface area contributed by atoms with Crippen molar-refractivity contribution in [2.75, 3.05) is 6.61 Å². The maximum atomic E-state index is 5.94. The van der Waals surface area contributed by atoms with Crippen molar-refractivity contribution in [2.45, 2.75) is 19.3 Å². The minimum Gasteiger partial charge on any atom is -0.492 e. The molecule has 5 heteroatoms. The molecule has 0 amide bonds. The molecule has 0 aliphatic heterocycles. The van der Waals surface area contributed by atoms with Crippen LogP contribution in [0.15, 0.2) is 18.2 Å². The lowest BCUT2D eigenvalue weighted by molar-refractivity contribution is 0.308. The topological polar surface area (TPSA) is 35.2 Å². The van der Waals surface area contributed by atoms with Gasteiger partial charge in [0.1, 0.15) is 5.75 Å². The first-order valence-electron chi connectivity index (χ1n) is 4.96. The van der Waals surface area contributed by atoms with E-state index in [4.69, 9.17) is 45.9 Å². The molecule has 1 aromatic carbocycles. The van der Waals surface area contributed by atoms with E-state index in [1.165, 1.54) is 0 Å². The van der Waals surface area contributed by atoms with Crippen molar-refractivity contribution in [3.05, 3.63) is 28.2 Å². The number of ether oxygens (including phenoxy) is 1. The lowest BCUT2D eigenvalue weighted by Gasteiger charge is -2.07. The summed E-state index contributed by atoms with van der Waals surface area (Å²) in [5, 5.41) is 1.18. The highest BCUT2D eigenvalue weighted by atomic mass is 35.5. The molecule has 88 valence electrons. The zero-order chi connectivity index (χ0) is 12.0. The molecule has 2 nitrogen and oxygen atoms in total. The largest absolute Gasteiger partial charge is 0.492 e. The second-order valence-electron chi connectivity index (χ2n) is 3.35. The van der Waals surface area contributed by atoms with Crippen LogP contribution in [0.4, 0.5) is 0 Å². The van der Waals surface area contributed by atoms with E-state index >= 15 is 0 Å². The van der Waals surface area contributed by atoms with Crippen LogP contribution in [0.2, 0.25) is 10.0 Å². The van der Waals surface area contributed by atoms with Crippen LogP contribution in [-0.4, -0.2) is 11.6 Å². The first-order chi connectivity index (χ1) is 7.59. The van der Waals surface area contributed by atoms with Crippen LogP contribution in [0.3, 0.4) is 0 Å². The number of rotatable bonds is 6. The van der Waals surface area contributed by atoms with Crippen LogP contribution in [0.5, 0.6) is 5.75 Å². The second-order valence-corrected chi connectivity index (χ2v) is 4.71. The fraction of sp³-hybridized carbons (Fsp3) is 0.364. The molecule has 1 aromatic rings. The van der Waals surface area contributed by atoms with Crippen molar-refractivity contribution >= 4 is 40.4 Å². The predicted molar refractivity (Wildman–Crippen MR) is 72.6 cm³/mol. The molecule has 0 atom stereocenters. The van der Waals surface area contributed by atoms with Crippen molar-refractivity contribution in [1.82, 2.24) is 0 Å². The number of thiocarbonyl (C=S) groups is 1. The van der Waals surface area contributed by atoms with Gasteiger partial charge >= 0.3 is 0 Å². The smallest absolute Gasteiger partial charge is 0.139 e. The molecule has 0 saturated heterocycles. The Kier molecular flexibility index (Phi) is 5.88. The van der Waals surface area contributed by atoms with E-state index in [2.05, 4.69) is 0 Å². The van der Waals surface area contributed by atoms with Gasteiger partial charge in [-0.05, 0) is 31.4 Å². The predicted octanol–water partition coefficient (Wildman–Crippen LogP) is 3.83. The third kappa shape index (κ3) is 5.01. The van der Waals surface area contributed by atoms with Crippen LogP contribution in [0.25, 0.3) is 0 Å². The molecule has 0 heterocycles. The number of nitrogens with two attached hydrogens (primary N) is 1. The molecule has 0 bridgehead atoms. The van der Waals surface area contributed by atoms with Crippen molar-refractivity contribution in [3.8, 4) is 5.75 Å². The molecule has 0 fully saturated rings. The molecule has 0 saturated carbocycles. The summed E-state index contributed by atoms with van der Waals surface area (Å²) in [6.45, 7) is 0.586. The van der Waals surface area contributed by atoms with E-state index in [1.807, 2.05) is 0 Å². The van der Waals surface area contributed by atoms with Crippen LogP contribution in [0.1, 0.15) is 19.3 Å². The highest BCUT2D eigenvalue weighted by Crippen LogP contribution is 2.27. The number of hydrogen-bond donors (Lipinski definition) is 1. The Morgan fingerprint density at radius 1 is 1.31 bits per heavy atom. The molecule has 0 radical (unpaired) electrons. The number of unbranched alkanes of at least 4 members (excludes halogenated alkanes) is 1. The molecule has 0 aliphatic rings. The molecule has 0 aliphatic carbocycles. The zero-order valence-electron chi connectivity index (χ0n) is 8.71.